The lowest BCUT2D eigenvalue weighted by atomic mass is 10.0. The smallest absolute Gasteiger partial charge is 0.304 e. The zero-order valence-corrected chi connectivity index (χ0v) is 9.36. The molecule has 1 saturated carbocycles. The highest BCUT2D eigenvalue weighted by molar-refractivity contribution is 5.66. The molecule has 1 aliphatic rings. The number of carboxylic acids is 1. The molecule has 0 saturated heterocycles. The number of rotatable bonds is 6. The Morgan fingerprint density at radius 3 is 2.36 bits per heavy atom. The first kappa shape index (κ1) is 11.5. The molecule has 1 aliphatic carbocycles. The Balaban J connectivity index is 2.42. The van der Waals surface area contributed by atoms with Crippen molar-refractivity contribution in [3.63, 3.8) is 0 Å². The normalized spacial score (nSPS) is 18.9. The summed E-state index contributed by atoms with van der Waals surface area (Å²) in [6.45, 7) is 7.30. The lowest BCUT2D eigenvalue weighted by Crippen LogP contribution is -2.39. The molecule has 0 spiro atoms. The maximum atomic E-state index is 10.5. The molecular weight excluding hydrogens is 178 g/mol. The van der Waals surface area contributed by atoms with E-state index in [-0.39, 0.29) is 6.42 Å². The first-order valence-electron chi connectivity index (χ1n) is 5.50. The van der Waals surface area contributed by atoms with Crippen LogP contribution in [0.5, 0.6) is 0 Å². The second kappa shape index (κ2) is 4.78. The molecule has 3 heteroatoms. The standard InChI is InChI=1S/C11H21NO2/c1-8(2)9(3)12(10-4-5-10)7-6-11(13)14/h8-10H,4-7H2,1-3H3,(H,13,14). The Morgan fingerprint density at radius 1 is 1.43 bits per heavy atom. The fraction of sp³-hybridized carbons (Fsp3) is 0.909. The number of nitrogens with zero attached hydrogens (tertiary/aromatic N) is 1. The highest BCUT2D eigenvalue weighted by atomic mass is 16.4. The molecule has 1 N–H and O–H groups in total. The van der Waals surface area contributed by atoms with Gasteiger partial charge in [0, 0.05) is 18.6 Å². The van der Waals surface area contributed by atoms with Crippen LogP contribution >= 0.6 is 0 Å². The molecule has 1 fully saturated rings. The molecule has 3 nitrogen and oxygen atoms in total. The maximum absolute atomic E-state index is 10.5. The minimum absolute atomic E-state index is 0.271. The largest absolute Gasteiger partial charge is 0.481 e. The van der Waals surface area contributed by atoms with E-state index in [0.29, 0.717) is 24.5 Å². The summed E-state index contributed by atoms with van der Waals surface area (Å²) in [5, 5.41) is 8.66. The summed E-state index contributed by atoms with van der Waals surface area (Å²) in [4.78, 5) is 12.9. The van der Waals surface area contributed by atoms with E-state index in [1.54, 1.807) is 0 Å². The number of hydrogen-bond acceptors (Lipinski definition) is 2. The van der Waals surface area contributed by atoms with Crippen LogP contribution < -0.4 is 0 Å². The Labute approximate surface area is 86.1 Å². The molecule has 0 aromatic rings. The number of aliphatic carboxylic acids is 1. The van der Waals surface area contributed by atoms with Crippen LogP contribution in [-0.4, -0.2) is 34.6 Å². The molecule has 0 bridgehead atoms. The average molecular weight is 199 g/mol. The van der Waals surface area contributed by atoms with Crippen molar-refractivity contribution < 1.29 is 9.90 Å². The van der Waals surface area contributed by atoms with E-state index in [4.69, 9.17) is 5.11 Å². The number of hydrogen-bond donors (Lipinski definition) is 1. The topological polar surface area (TPSA) is 40.5 Å². The van der Waals surface area contributed by atoms with Gasteiger partial charge in [-0.1, -0.05) is 13.8 Å². The summed E-state index contributed by atoms with van der Waals surface area (Å²) in [7, 11) is 0. The SMILES string of the molecule is CC(C)C(C)N(CCC(=O)O)C1CC1. The van der Waals surface area contributed by atoms with Crippen LogP contribution in [0.3, 0.4) is 0 Å². The van der Waals surface area contributed by atoms with Crippen LogP contribution in [0, 0.1) is 5.92 Å². The zero-order chi connectivity index (χ0) is 10.7. The predicted octanol–water partition coefficient (Wildman–Crippen LogP) is 1.97. The monoisotopic (exact) mass is 199 g/mol. The molecule has 14 heavy (non-hydrogen) atoms. The fourth-order valence-electron chi connectivity index (χ4n) is 1.73. The summed E-state index contributed by atoms with van der Waals surface area (Å²) < 4.78 is 0. The van der Waals surface area contributed by atoms with Gasteiger partial charge < -0.3 is 5.11 Å². The van der Waals surface area contributed by atoms with Gasteiger partial charge in [0.25, 0.3) is 0 Å². The molecule has 0 aromatic carbocycles. The quantitative estimate of drug-likeness (QED) is 0.711. The van der Waals surface area contributed by atoms with Gasteiger partial charge in [0.05, 0.1) is 6.42 Å². The molecule has 0 heterocycles. The van der Waals surface area contributed by atoms with Gasteiger partial charge in [-0.25, -0.2) is 0 Å². The minimum atomic E-state index is -0.688. The van der Waals surface area contributed by atoms with Gasteiger partial charge in [0.2, 0.25) is 0 Å². The van der Waals surface area contributed by atoms with Crippen LogP contribution in [0.15, 0.2) is 0 Å². The molecular formula is C11H21NO2. The van der Waals surface area contributed by atoms with E-state index >= 15 is 0 Å². The number of carbonyl (C=O) groups is 1. The Hall–Kier alpha value is -0.570. The van der Waals surface area contributed by atoms with E-state index in [1.165, 1.54) is 12.8 Å². The van der Waals surface area contributed by atoms with Gasteiger partial charge in [-0.15, -0.1) is 0 Å². The first-order chi connectivity index (χ1) is 6.52. The summed E-state index contributed by atoms with van der Waals surface area (Å²) in [5.74, 6) is -0.0870. The summed E-state index contributed by atoms with van der Waals surface area (Å²) in [5.41, 5.74) is 0. The van der Waals surface area contributed by atoms with Gasteiger partial charge in [-0.05, 0) is 25.7 Å². The van der Waals surface area contributed by atoms with E-state index in [9.17, 15) is 4.79 Å². The van der Waals surface area contributed by atoms with Crippen molar-refractivity contribution in [1.29, 1.82) is 0 Å². The second-order valence-electron chi connectivity index (χ2n) is 4.60. The lowest BCUT2D eigenvalue weighted by Gasteiger charge is -2.31. The van der Waals surface area contributed by atoms with Crippen molar-refractivity contribution >= 4 is 5.97 Å². The van der Waals surface area contributed by atoms with E-state index in [2.05, 4.69) is 25.7 Å². The van der Waals surface area contributed by atoms with Crippen molar-refractivity contribution in [2.75, 3.05) is 6.54 Å². The van der Waals surface area contributed by atoms with Crippen molar-refractivity contribution in [1.82, 2.24) is 4.90 Å². The Morgan fingerprint density at radius 2 is 2.00 bits per heavy atom. The maximum Gasteiger partial charge on any atom is 0.304 e. The van der Waals surface area contributed by atoms with Crippen LogP contribution in [0.25, 0.3) is 0 Å². The molecule has 0 aromatic heterocycles. The van der Waals surface area contributed by atoms with E-state index < -0.39 is 5.97 Å². The predicted molar refractivity (Wildman–Crippen MR) is 56.3 cm³/mol. The molecule has 0 radical (unpaired) electrons. The van der Waals surface area contributed by atoms with E-state index in [1.807, 2.05) is 0 Å². The summed E-state index contributed by atoms with van der Waals surface area (Å²) in [6, 6.07) is 1.16. The van der Waals surface area contributed by atoms with Gasteiger partial charge in [-0.2, -0.15) is 0 Å². The first-order valence-corrected chi connectivity index (χ1v) is 5.50. The van der Waals surface area contributed by atoms with Crippen LogP contribution in [0.1, 0.15) is 40.0 Å². The van der Waals surface area contributed by atoms with Gasteiger partial charge >= 0.3 is 5.97 Å². The third-order valence-corrected chi connectivity index (χ3v) is 3.09. The highest BCUT2D eigenvalue weighted by Gasteiger charge is 2.33. The van der Waals surface area contributed by atoms with Crippen LogP contribution in [-0.2, 0) is 4.79 Å². The Bertz CT molecular complexity index is 199. The van der Waals surface area contributed by atoms with Crippen LogP contribution in [0.2, 0.25) is 0 Å². The molecule has 0 amide bonds. The molecule has 82 valence electrons. The van der Waals surface area contributed by atoms with Gasteiger partial charge in [0.1, 0.15) is 0 Å². The Kier molecular flexibility index (Phi) is 3.93. The number of carboxylic acid groups (broad SMARTS) is 1. The van der Waals surface area contributed by atoms with Gasteiger partial charge in [-0.3, -0.25) is 9.69 Å². The molecule has 1 rings (SSSR count). The fourth-order valence-corrected chi connectivity index (χ4v) is 1.73. The van der Waals surface area contributed by atoms with Crippen LogP contribution in [0.4, 0.5) is 0 Å². The molecule has 1 atom stereocenters. The van der Waals surface area contributed by atoms with Crippen molar-refractivity contribution in [3.8, 4) is 0 Å². The second-order valence-corrected chi connectivity index (χ2v) is 4.60. The summed E-state index contributed by atoms with van der Waals surface area (Å²) >= 11 is 0. The van der Waals surface area contributed by atoms with E-state index in [0.717, 1.165) is 0 Å². The van der Waals surface area contributed by atoms with Crippen molar-refractivity contribution in [3.05, 3.63) is 0 Å². The highest BCUT2D eigenvalue weighted by Crippen LogP contribution is 2.30. The minimum Gasteiger partial charge on any atom is -0.481 e. The third kappa shape index (κ3) is 3.29. The zero-order valence-electron chi connectivity index (χ0n) is 9.36. The lowest BCUT2D eigenvalue weighted by molar-refractivity contribution is -0.137. The molecule has 0 aliphatic heterocycles. The van der Waals surface area contributed by atoms with Gasteiger partial charge in [0.15, 0.2) is 0 Å². The van der Waals surface area contributed by atoms with Crippen molar-refractivity contribution in [2.45, 2.75) is 52.1 Å². The molecule has 1 unspecified atom stereocenters. The third-order valence-electron chi connectivity index (χ3n) is 3.09. The van der Waals surface area contributed by atoms with Crippen molar-refractivity contribution in [2.24, 2.45) is 5.92 Å². The average Bonchev–Trinajstić information content (AvgIpc) is 2.87. The summed E-state index contributed by atoms with van der Waals surface area (Å²) in [6.07, 6.45) is 2.76.